The van der Waals surface area contributed by atoms with Crippen molar-refractivity contribution in [2.45, 2.75) is 12.8 Å². The molecule has 0 fully saturated rings. The first-order chi connectivity index (χ1) is 8.69. The third kappa shape index (κ3) is 2.88. The molecule has 1 aromatic heterocycles. The molecule has 2 aromatic rings. The highest BCUT2D eigenvalue weighted by Gasteiger charge is 2.06. The summed E-state index contributed by atoms with van der Waals surface area (Å²) >= 11 is 0. The Morgan fingerprint density at radius 3 is 3.06 bits per heavy atom. The molecule has 2 N–H and O–H groups in total. The number of carboxylic acids is 1. The predicted molar refractivity (Wildman–Crippen MR) is 66.5 cm³/mol. The van der Waals surface area contributed by atoms with E-state index in [4.69, 9.17) is 9.84 Å². The predicted octanol–water partition coefficient (Wildman–Crippen LogP) is 2.10. The molecular weight excluding hydrogens is 232 g/mol. The van der Waals surface area contributed by atoms with Crippen LogP contribution in [0.1, 0.15) is 12.2 Å². The smallest absolute Gasteiger partial charge is 0.303 e. The average molecular weight is 246 g/mol. The molecule has 0 aliphatic carbocycles. The van der Waals surface area contributed by atoms with Gasteiger partial charge in [-0.05, 0) is 12.1 Å². The van der Waals surface area contributed by atoms with Crippen molar-refractivity contribution < 1.29 is 14.6 Å². The van der Waals surface area contributed by atoms with Crippen LogP contribution in [0.2, 0.25) is 0 Å². The lowest BCUT2D eigenvalue weighted by atomic mass is 10.1. The number of rotatable bonds is 5. The molecular formula is C13H14N2O3. The van der Waals surface area contributed by atoms with E-state index >= 15 is 0 Å². The zero-order valence-corrected chi connectivity index (χ0v) is 10.0. The van der Waals surface area contributed by atoms with Crippen molar-refractivity contribution in [3.05, 3.63) is 36.3 Å². The van der Waals surface area contributed by atoms with E-state index in [0.717, 1.165) is 17.0 Å². The minimum atomic E-state index is -0.825. The fourth-order valence-electron chi connectivity index (χ4n) is 1.65. The van der Waals surface area contributed by atoms with Gasteiger partial charge in [-0.25, -0.2) is 4.98 Å². The Bertz CT molecular complexity index is 549. The molecule has 1 aromatic carbocycles. The Labute approximate surface area is 104 Å². The topological polar surface area (TPSA) is 75.2 Å². The van der Waals surface area contributed by atoms with Crippen molar-refractivity contribution in [3.63, 3.8) is 0 Å². The summed E-state index contributed by atoms with van der Waals surface area (Å²) in [5.74, 6) is 0.624. The number of carbonyl (C=O) groups is 1. The van der Waals surface area contributed by atoms with Crippen molar-refractivity contribution in [1.82, 2.24) is 9.97 Å². The van der Waals surface area contributed by atoms with E-state index in [9.17, 15) is 4.79 Å². The number of ether oxygens (including phenoxy) is 1. The van der Waals surface area contributed by atoms with Crippen LogP contribution in [0.15, 0.2) is 30.5 Å². The molecule has 0 spiro atoms. The molecule has 1 heterocycles. The minimum absolute atomic E-state index is 0.0745. The van der Waals surface area contributed by atoms with Crippen LogP contribution in [0.25, 0.3) is 11.3 Å². The number of aromatic amines is 1. The second kappa shape index (κ2) is 5.35. The van der Waals surface area contributed by atoms with E-state index in [1.165, 1.54) is 0 Å². The van der Waals surface area contributed by atoms with E-state index in [0.29, 0.717) is 12.2 Å². The Balaban J connectivity index is 2.15. The van der Waals surface area contributed by atoms with Gasteiger partial charge >= 0.3 is 5.97 Å². The van der Waals surface area contributed by atoms with Crippen molar-refractivity contribution in [3.8, 4) is 17.0 Å². The number of aromatic nitrogens is 2. The number of hydrogen-bond donors (Lipinski definition) is 2. The van der Waals surface area contributed by atoms with Gasteiger partial charge < -0.3 is 14.8 Å². The van der Waals surface area contributed by atoms with Crippen LogP contribution in [-0.2, 0) is 11.2 Å². The average Bonchev–Trinajstić information content (AvgIpc) is 2.85. The first-order valence-corrected chi connectivity index (χ1v) is 5.59. The van der Waals surface area contributed by atoms with E-state index in [1.807, 2.05) is 24.3 Å². The number of aryl methyl sites for hydroxylation is 1. The summed E-state index contributed by atoms with van der Waals surface area (Å²) in [7, 11) is 1.62. The van der Waals surface area contributed by atoms with Crippen molar-refractivity contribution in [1.29, 1.82) is 0 Å². The van der Waals surface area contributed by atoms with E-state index < -0.39 is 5.97 Å². The van der Waals surface area contributed by atoms with Gasteiger partial charge in [0.15, 0.2) is 0 Å². The van der Waals surface area contributed by atoms with E-state index in [-0.39, 0.29) is 6.42 Å². The van der Waals surface area contributed by atoms with Crippen LogP contribution in [0.5, 0.6) is 5.75 Å². The number of methoxy groups -OCH3 is 1. The molecule has 0 radical (unpaired) electrons. The van der Waals surface area contributed by atoms with Crippen molar-refractivity contribution >= 4 is 5.97 Å². The van der Waals surface area contributed by atoms with Gasteiger partial charge in [-0.2, -0.15) is 0 Å². The quantitative estimate of drug-likeness (QED) is 0.847. The Morgan fingerprint density at radius 1 is 1.50 bits per heavy atom. The molecule has 0 aliphatic heterocycles. The van der Waals surface area contributed by atoms with Crippen LogP contribution in [0, 0.1) is 0 Å². The van der Waals surface area contributed by atoms with E-state index in [1.54, 1.807) is 13.3 Å². The van der Waals surface area contributed by atoms with Crippen LogP contribution in [-0.4, -0.2) is 28.2 Å². The van der Waals surface area contributed by atoms with Crippen LogP contribution in [0.4, 0.5) is 0 Å². The molecule has 5 heteroatoms. The number of nitrogens with one attached hydrogen (secondary N) is 1. The number of carboxylic acid groups (broad SMARTS) is 1. The molecule has 2 rings (SSSR count). The third-order valence-corrected chi connectivity index (χ3v) is 2.58. The summed E-state index contributed by atoms with van der Waals surface area (Å²) in [6.45, 7) is 0. The second-order valence-corrected chi connectivity index (χ2v) is 3.87. The number of H-pyrrole nitrogens is 1. The van der Waals surface area contributed by atoms with Gasteiger partial charge in [0.25, 0.3) is 0 Å². The second-order valence-electron chi connectivity index (χ2n) is 3.87. The molecule has 0 unspecified atom stereocenters. The lowest BCUT2D eigenvalue weighted by Gasteiger charge is -2.01. The largest absolute Gasteiger partial charge is 0.497 e. The third-order valence-electron chi connectivity index (χ3n) is 2.58. The van der Waals surface area contributed by atoms with E-state index in [2.05, 4.69) is 9.97 Å². The first kappa shape index (κ1) is 12.2. The first-order valence-electron chi connectivity index (χ1n) is 5.59. The molecule has 0 saturated carbocycles. The van der Waals surface area contributed by atoms with Crippen LogP contribution >= 0.6 is 0 Å². The van der Waals surface area contributed by atoms with Gasteiger partial charge in [0.1, 0.15) is 11.6 Å². The van der Waals surface area contributed by atoms with Crippen molar-refractivity contribution in [2.24, 2.45) is 0 Å². The zero-order valence-electron chi connectivity index (χ0n) is 10.0. The van der Waals surface area contributed by atoms with Gasteiger partial charge in [0, 0.05) is 12.0 Å². The highest BCUT2D eigenvalue weighted by molar-refractivity contribution is 5.67. The summed E-state index contributed by atoms with van der Waals surface area (Å²) in [6, 6.07) is 7.60. The minimum Gasteiger partial charge on any atom is -0.497 e. The molecule has 0 amide bonds. The number of nitrogens with zero attached hydrogens (tertiary/aromatic N) is 1. The fraction of sp³-hybridized carbons (Fsp3) is 0.231. The van der Waals surface area contributed by atoms with Gasteiger partial charge in [-0.3, -0.25) is 4.79 Å². The molecule has 18 heavy (non-hydrogen) atoms. The molecule has 94 valence electrons. The summed E-state index contributed by atoms with van der Waals surface area (Å²) in [4.78, 5) is 17.7. The number of benzene rings is 1. The normalized spacial score (nSPS) is 10.3. The lowest BCUT2D eigenvalue weighted by Crippen LogP contribution is -1.98. The summed E-state index contributed by atoms with van der Waals surface area (Å²) in [6.07, 6.45) is 2.18. The lowest BCUT2D eigenvalue weighted by molar-refractivity contribution is -0.137. The maximum atomic E-state index is 10.5. The van der Waals surface area contributed by atoms with Gasteiger partial charge in [0.2, 0.25) is 0 Å². The molecule has 0 saturated heterocycles. The Kier molecular flexibility index (Phi) is 3.62. The monoisotopic (exact) mass is 246 g/mol. The molecule has 0 aliphatic rings. The number of hydrogen-bond acceptors (Lipinski definition) is 3. The highest BCUT2D eigenvalue weighted by atomic mass is 16.5. The summed E-state index contributed by atoms with van der Waals surface area (Å²) in [5.41, 5.74) is 1.82. The Hall–Kier alpha value is -2.30. The zero-order chi connectivity index (χ0) is 13.0. The van der Waals surface area contributed by atoms with Gasteiger partial charge in [-0.15, -0.1) is 0 Å². The fourth-order valence-corrected chi connectivity index (χ4v) is 1.65. The summed E-state index contributed by atoms with van der Waals surface area (Å²) < 4.78 is 5.15. The standard InChI is InChI=1S/C13H14N2O3/c1-18-10-4-2-3-9(7-10)11-8-14-12(15-11)5-6-13(16)17/h2-4,7-8H,5-6H2,1H3,(H,14,15)(H,16,17). The number of imidazole rings is 1. The molecule has 5 nitrogen and oxygen atoms in total. The SMILES string of the molecule is COc1cccc(-c2cnc(CCC(=O)O)[nH]2)c1. The maximum Gasteiger partial charge on any atom is 0.303 e. The van der Waals surface area contributed by atoms with Crippen molar-refractivity contribution in [2.75, 3.05) is 7.11 Å². The van der Waals surface area contributed by atoms with Crippen LogP contribution in [0.3, 0.4) is 0 Å². The van der Waals surface area contributed by atoms with Gasteiger partial charge in [0.05, 0.1) is 25.4 Å². The summed E-state index contributed by atoms with van der Waals surface area (Å²) in [5, 5.41) is 8.61. The number of aliphatic carboxylic acids is 1. The van der Waals surface area contributed by atoms with Crippen LogP contribution < -0.4 is 4.74 Å². The molecule has 0 atom stereocenters. The Morgan fingerprint density at radius 2 is 2.33 bits per heavy atom. The maximum absolute atomic E-state index is 10.5. The molecule has 0 bridgehead atoms. The highest BCUT2D eigenvalue weighted by Crippen LogP contribution is 2.22. The van der Waals surface area contributed by atoms with Gasteiger partial charge in [-0.1, -0.05) is 12.1 Å².